The van der Waals surface area contributed by atoms with Gasteiger partial charge in [0.25, 0.3) is 0 Å². The van der Waals surface area contributed by atoms with Gasteiger partial charge in [0.1, 0.15) is 0 Å². The van der Waals surface area contributed by atoms with E-state index in [0.717, 1.165) is 31.2 Å². The Kier molecular flexibility index (Phi) is 5.94. The molecular weight excluding hydrogens is 210 g/mol. The van der Waals surface area contributed by atoms with Crippen LogP contribution < -0.4 is 5.32 Å². The lowest BCUT2D eigenvalue weighted by Crippen LogP contribution is -2.43. The van der Waals surface area contributed by atoms with Crippen LogP contribution in [0.2, 0.25) is 0 Å². The van der Waals surface area contributed by atoms with Crippen molar-refractivity contribution in [1.29, 1.82) is 0 Å². The summed E-state index contributed by atoms with van der Waals surface area (Å²) < 4.78 is 0. The Labute approximate surface area is 107 Å². The van der Waals surface area contributed by atoms with Gasteiger partial charge in [0, 0.05) is 19.2 Å². The monoisotopic (exact) mass is 241 g/mol. The second-order valence-electron chi connectivity index (χ2n) is 6.87. The van der Waals surface area contributed by atoms with Gasteiger partial charge in [-0.05, 0) is 49.4 Å². The highest BCUT2D eigenvalue weighted by molar-refractivity contribution is 4.83. The smallest absolute Gasteiger partial charge is 0.0431 e. The Balaban J connectivity index is 2.29. The third kappa shape index (κ3) is 5.39. The molecule has 0 amide bonds. The summed E-state index contributed by atoms with van der Waals surface area (Å²) in [6.45, 7) is 10.8. The first-order valence-corrected chi connectivity index (χ1v) is 7.29. The topological polar surface area (TPSA) is 32.3 Å². The lowest BCUT2D eigenvalue weighted by Gasteiger charge is -2.36. The van der Waals surface area contributed by atoms with Gasteiger partial charge < -0.3 is 10.4 Å². The quantitative estimate of drug-likeness (QED) is 0.748. The fraction of sp³-hybridized carbons (Fsp3) is 1.00. The average Bonchev–Trinajstić information content (AvgIpc) is 2.25. The predicted octanol–water partition coefficient (Wildman–Crippen LogP) is 3.20. The number of aliphatic hydroxyl groups is 1. The Morgan fingerprint density at radius 1 is 1.24 bits per heavy atom. The fourth-order valence-electron chi connectivity index (χ4n) is 3.02. The molecule has 0 heterocycles. The lowest BCUT2D eigenvalue weighted by molar-refractivity contribution is 0.191. The summed E-state index contributed by atoms with van der Waals surface area (Å²) in [7, 11) is 0. The summed E-state index contributed by atoms with van der Waals surface area (Å²) in [5, 5.41) is 12.7. The Bertz CT molecular complexity index is 215. The molecule has 0 radical (unpaired) electrons. The Morgan fingerprint density at radius 3 is 2.53 bits per heavy atom. The van der Waals surface area contributed by atoms with Gasteiger partial charge in [-0.25, -0.2) is 0 Å². The second kappa shape index (κ2) is 6.75. The van der Waals surface area contributed by atoms with Crippen LogP contribution in [0.1, 0.15) is 59.8 Å². The summed E-state index contributed by atoms with van der Waals surface area (Å²) in [5.74, 6) is 1.72. The zero-order valence-electron chi connectivity index (χ0n) is 12.1. The van der Waals surface area contributed by atoms with E-state index in [0.29, 0.717) is 18.1 Å². The Hall–Kier alpha value is -0.0800. The zero-order chi connectivity index (χ0) is 12.9. The highest BCUT2D eigenvalue weighted by Crippen LogP contribution is 2.29. The van der Waals surface area contributed by atoms with Crippen molar-refractivity contribution in [2.45, 2.75) is 65.8 Å². The normalized spacial score (nSPS) is 30.5. The number of aliphatic hydroxyl groups excluding tert-OH is 1. The molecule has 0 spiro atoms. The highest BCUT2D eigenvalue weighted by Gasteiger charge is 2.26. The molecule has 1 saturated carbocycles. The van der Waals surface area contributed by atoms with Crippen molar-refractivity contribution in [3.05, 3.63) is 0 Å². The molecule has 0 aromatic carbocycles. The molecule has 0 aromatic rings. The minimum absolute atomic E-state index is 0.311. The molecule has 1 fully saturated rings. The average molecular weight is 241 g/mol. The van der Waals surface area contributed by atoms with Crippen molar-refractivity contribution in [1.82, 2.24) is 5.32 Å². The van der Waals surface area contributed by atoms with Gasteiger partial charge in [-0.15, -0.1) is 0 Å². The van der Waals surface area contributed by atoms with Gasteiger partial charge >= 0.3 is 0 Å². The molecule has 2 heteroatoms. The van der Waals surface area contributed by atoms with E-state index in [-0.39, 0.29) is 0 Å². The van der Waals surface area contributed by atoms with Gasteiger partial charge in [-0.3, -0.25) is 0 Å². The van der Waals surface area contributed by atoms with Crippen LogP contribution in [-0.2, 0) is 0 Å². The van der Waals surface area contributed by atoms with E-state index < -0.39 is 0 Å². The van der Waals surface area contributed by atoms with Crippen molar-refractivity contribution in [3.8, 4) is 0 Å². The molecule has 1 aliphatic carbocycles. The molecule has 2 nitrogen and oxygen atoms in total. The standard InChI is InChI=1S/C15H31NO/c1-12-6-7-14(13(2)10-12)16-11-15(3,4)8-5-9-17/h12-14,16-17H,5-11H2,1-4H3. The maximum Gasteiger partial charge on any atom is 0.0431 e. The number of hydrogen-bond donors (Lipinski definition) is 2. The summed E-state index contributed by atoms with van der Waals surface area (Å²) in [6, 6.07) is 0.708. The molecule has 0 aromatic heterocycles. The van der Waals surface area contributed by atoms with Crippen LogP contribution >= 0.6 is 0 Å². The molecule has 3 unspecified atom stereocenters. The molecule has 3 atom stereocenters. The molecule has 1 rings (SSSR count). The van der Waals surface area contributed by atoms with E-state index >= 15 is 0 Å². The van der Waals surface area contributed by atoms with Crippen molar-refractivity contribution in [2.75, 3.05) is 13.2 Å². The van der Waals surface area contributed by atoms with Gasteiger partial charge in [0.15, 0.2) is 0 Å². The van der Waals surface area contributed by atoms with Gasteiger partial charge in [0.05, 0.1) is 0 Å². The molecule has 2 N–H and O–H groups in total. The minimum Gasteiger partial charge on any atom is -0.396 e. The SMILES string of the molecule is CC1CCC(NCC(C)(C)CCCO)C(C)C1. The van der Waals surface area contributed by atoms with Crippen molar-refractivity contribution < 1.29 is 5.11 Å². The van der Waals surface area contributed by atoms with Gasteiger partial charge in [-0.1, -0.05) is 27.7 Å². The molecule has 102 valence electrons. The highest BCUT2D eigenvalue weighted by atomic mass is 16.2. The molecule has 17 heavy (non-hydrogen) atoms. The van der Waals surface area contributed by atoms with E-state index in [4.69, 9.17) is 5.11 Å². The maximum atomic E-state index is 8.90. The molecule has 0 aliphatic heterocycles. The molecule has 0 saturated heterocycles. The van der Waals surface area contributed by atoms with Gasteiger partial charge in [-0.2, -0.15) is 0 Å². The largest absolute Gasteiger partial charge is 0.396 e. The third-order valence-electron chi connectivity index (χ3n) is 4.29. The first-order chi connectivity index (χ1) is 7.94. The van der Waals surface area contributed by atoms with Crippen LogP contribution in [0.25, 0.3) is 0 Å². The van der Waals surface area contributed by atoms with E-state index in [1.807, 2.05) is 0 Å². The van der Waals surface area contributed by atoms with E-state index in [2.05, 4.69) is 33.0 Å². The van der Waals surface area contributed by atoms with Crippen LogP contribution in [0.4, 0.5) is 0 Å². The third-order valence-corrected chi connectivity index (χ3v) is 4.29. The van der Waals surface area contributed by atoms with Crippen LogP contribution in [0.5, 0.6) is 0 Å². The summed E-state index contributed by atoms with van der Waals surface area (Å²) >= 11 is 0. The van der Waals surface area contributed by atoms with Crippen LogP contribution in [0, 0.1) is 17.3 Å². The first-order valence-electron chi connectivity index (χ1n) is 7.29. The van der Waals surface area contributed by atoms with Crippen molar-refractivity contribution >= 4 is 0 Å². The zero-order valence-corrected chi connectivity index (χ0v) is 12.1. The van der Waals surface area contributed by atoms with Crippen LogP contribution in [-0.4, -0.2) is 24.3 Å². The summed E-state index contributed by atoms with van der Waals surface area (Å²) in [5.41, 5.74) is 0.311. The fourth-order valence-corrected chi connectivity index (χ4v) is 3.02. The predicted molar refractivity (Wildman–Crippen MR) is 74.1 cm³/mol. The number of hydrogen-bond acceptors (Lipinski definition) is 2. The van der Waals surface area contributed by atoms with E-state index in [9.17, 15) is 0 Å². The van der Waals surface area contributed by atoms with Crippen molar-refractivity contribution in [2.24, 2.45) is 17.3 Å². The maximum absolute atomic E-state index is 8.90. The summed E-state index contributed by atoms with van der Waals surface area (Å²) in [6.07, 6.45) is 6.10. The molecule has 0 bridgehead atoms. The van der Waals surface area contributed by atoms with Crippen molar-refractivity contribution in [3.63, 3.8) is 0 Å². The Morgan fingerprint density at radius 2 is 1.94 bits per heavy atom. The second-order valence-corrected chi connectivity index (χ2v) is 6.87. The number of rotatable bonds is 6. The van der Waals surface area contributed by atoms with Gasteiger partial charge in [0.2, 0.25) is 0 Å². The van der Waals surface area contributed by atoms with E-state index in [1.54, 1.807) is 0 Å². The molecule has 1 aliphatic rings. The first kappa shape index (κ1) is 15.0. The minimum atomic E-state index is 0.311. The lowest BCUT2D eigenvalue weighted by atomic mass is 9.79. The van der Waals surface area contributed by atoms with E-state index in [1.165, 1.54) is 19.3 Å². The molecular formula is C15H31NO. The summed E-state index contributed by atoms with van der Waals surface area (Å²) in [4.78, 5) is 0. The van der Waals surface area contributed by atoms with Crippen LogP contribution in [0.15, 0.2) is 0 Å². The van der Waals surface area contributed by atoms with Crippen LogP contribution in [0.3, 0.4) is 0 Å². The number of nitrogens with one attached hydrogen (secondary N) is 1.